The number of hydrogen-bond acceptors (Lipinski definition) is 6. The number of rotatable bonds is 2. The summed E-state index contributed by atoms with van der Waals surface area (Å²) in [6.45, 7) is 4.23. The van der Waals surface area contributed by atoms with Crippen LogP contribution in [0.2, 0.25) is 0 Å². The fourth-order valence-corrected chi connectivity index (χ4v) is 3.93. The van der Waals surface area contributed by atoms with Gasteiger partial charge in [-0.05, 0) is 24.7 Å². The molecule has 3 atom stereocenters. The second kappa shape index (κ2) is 5.62. The number of anilines is 2. The van der Waals surface area contributed by atoms with Gasteiger partial charge in [0.05, 0.1) is 25.5 Å². The number of hydrogen-bond donors (Lipinski definition) is 1. The standard InChI is InChI=1S/C15H21FN4O2/c16-13-7-17-15(18-14(13)19-1-3-22-4-2-19)20-8-10-5-12(21)6-11(10)9-20/h7,10-12,21H,1-6,8-9H2/t10-,11+,12?. The minimum atomic E-state index is -0.375. The summed E-state index contributed by atoms with van der Waals surface area (Å²) < 4.78 is 19.4. The van der Waals surface area contributed by atoms with Crippen molar-refractivity contribution in [1.82, 2.24) is 9.97 Å². The summed E-state index contributed by atoms with van der Waals surface area (Å²) in [4.78, 5) is 12.7. The van der Waals surface area contributed by atoms with Crippen LogP contribution in [0.3, 0.4) is 0 Å². The largest absolute Gasteiger partial charge is 0.393 e. The molecule has 120 valence electrons. The second-order valence-corrected chi connectivity index (χ2v) is 6.49. The van der Waals surface area contributed by atoms with Crippen molar-refractivity contribution in [2.24, 2.45) is 11.8 Å². The molecule has 1 aliphatic carbocycles. The summed E-state index contributed by atoms with van der Waals surface area (Å²) in [7, 11) is 0. The highest BCUT2D eigenvalue weighted by atomic mass is 19.1. The van der Waals surface area contributed by atoms with E-state index < -0.39 is 0 Å². The summed E-state index contributed by atoms with van der Waals surface area (Å²) in [6.07, 6.45) is 2.84. The minimum absolute atomic E-state index is 0.157. The lowest BCUT2D eigenvalue weighted by atomic mass is 10.0. The van der Waals surface area contributed by atoms with Gasteiger partial charge in [0.1, 0.15) is 0 Å². The van der Waals surface area contributed by atoms with Crippen molar-refractivity contribution < 1.29 is 14.2 Å². The summed E-state index contributed by atoms with van der Waals surface area (Å²) in [5.74, 6) is 1.63. The monoisotopic (exact) mass is 308 g/mol. The molecule has 1 unspecified atom stereocenters. The highest BCUT2D eigenvalue weighted by Crippen LogP contribution is 2.39. The molecule has 0 radical (unpaired) electrons. The van der Waals surface area contributed by atoms with E-state index in [-0.39, 0.29) is 11.9 Å². The minimum Gasteiger partial charge on any atom is -0.393 e. The van der Waals surface area contributed by atoms with Crippen molar-refractivity contribution in [3.8, 4) is 0 Å². The molecule has 3 aliphatic rings. The van der Waals surface area contributed by atoms with Crippen LogP contribution in [0.25, 0.3) is 0 Å². The first-order valence-corrected chi connectivity index (χ1v) is 7.99. The van der Waals surface area contributed by atoms with Crippen LogP contribution < -0.4 is 9.80 Å². The molecule has 7 heteroatoms. The van der Waals surface area contributed by atoms with Crippen molar-refractivity contribution in [2.45, 2.75) is 18.9 Å². The Hall–Kier alpha value is -1.47. The molecule has 4 rings (SSSR count). The van der Waals surface area contributed by atoms with E-state index in [0.717, 1.165) is 25.9 Å². The third-order valence-corrected chi connectivity index (χ3v) is 5.03. The smallest absolute Gasteiger partial charge is 0.227 e. The Labute approximate surface area is 128 Å². The van der Waals surface area contributed by atoms with Crippen LogP contribution in [-0.2, 0) is 4.74 Å². The Morgan fingerprint density at radius 3 is 2.50 bits per heavy atom. The fourth-order valence-electron chi connectivity index (χ4n) is 3.93. The molecule has 0 amide bonds. The predicted octanol–water partition coefficient (Wildman–Crippen LogP) is 0.659. The maximum atomic E-state index is 14.1. The van der Waals surface area contributed by atoms with E-state index in [1.807, 2.05) is 4.90 Å². The summed E-state index contributed by atoms with van der Waals surface area (Å²) in [6, 6.07) is 0. The van der Waals surface area contributed by atoms with E-state index in [1.165, 1.54) is 6.20 Å². The van der Waals surface area contributed by atoms with Gasteiger partial charge in [0.15, 0.2) is 11.6 Å². The number of aliphatic hydroxyl groups excluding tert-OH is 1. The Kier molecular flexibility index (Phi) is 3.62. The van der Waals surface area contributed by atoms with Gasteiger partial charge in [0.25, 0.3) is 0 Å². The maximum absolute atomic E-state index is 14.1. The molecule has 3 heterocycles. The number of halogens is 1. The summed E-state index contributed by atoms with van der Waals surface area (Å²) in [5, 5.41) is 9.72. The molecule has 1 saturated carbocycles. The average molecular weight is 308 g/mol. The predicted molar refractivity (Wildman–Crippen MR) is 79.5 cm³/mol. The van der Waals surface area contributed by atoms with Gasteiger partial charge in [-0.25, -0.2) is 9.37 Å². The highest BCUT2D eigenvalue weighted by Gasteiger charge is 2.41. The first-order chi connectivity index (χ1) is 10.7. The quantitative estimate of drug-likeness (QED) is 0.866. The molecule has 6 nitrogen and oxygen atoms in total. The molecule has 0 bridgehead atoms. The van der Waals surface area contributed by atoms with Crippen LogP contribution in [0.15, 0.2) is 6.20 Å². The third kappa shape index (κ3) is 2.52. The van der Waals surface area contributed by atoms with Crippen LogP contribution in [-0.4, -0.2) is 60.6 Å². The second-order valence-electron chi connectivity index (χ2n) is 6.49. The Balaban J connectivity index is 1.53. The molecular weight excluding hydrogens is 287 g/mol. The van der Waals surface area contributed by atoms with E-state index >= 15 is 0 Å². The lowest BCUT2D eigenvalue weighted by Crippen LogP contribution is -2.38. The van der Waals surface area contributed by atoms with E-state index in [1.54, 1.807) is 0 Å². The van der Waals surface area contributed by atoms with Crippen LogP contribution in [0, 0.1) is 17.7 Å². The average Bonchev–Trinajstić information content (AvgIpc) is 3.06. The maximum Gasteiger partial charge on any atom is 0.227 e. The van der Waals surface area contributed by atoms with Gasteiger partial charge < -0.3 is 19.6 Å². The topological polar surface area (TPSA) is 61.7 Å². The Morgan fingerprint density at radius 2 is 1.82 bits per heavy atom. The third-order valence-electron chi connectivity index (χ3n) is 5.03. The van der Waals surface area contributed by atoms with Crippen LogP contribution in [0.4, 0.5) is 16.2 Å². The van der Waals surface area contributed by atoms with E-state index in [0.29, 0.717) is 49.9 Å². The molecule has 0 spiro atoms. The van der Waals surface area contributed by atoms with E-state index in [2.05, 4.69) is 14.9 Å². The number of morpholine rings is 1. The zero-order chi connectivity index (χ0) is 15.1. The van der Waals surface area contributed by atoms with Crippen molar-refractivity contribution in [1.29, 1.82) is 0 Å². The number of aliphatic hydroxyl groups is 1. The first-order valence-electron chi connectivity index (χ1n) is 7.99. The van der Waals surface area contributed by atoms with E-state index in [9.17, 15) is 9.50 Å². The number of aromatic nitrogens is 2. The van der Waals surface area contributed by atoms with Crippen LogP contribution >= 0.6 is 0 Å². The van der Waals surface area contributed by atoms with Crippen molar-refractivity contribution >= 4 is 11.8 Å². The first kappa shape index (κ1) is 14.1. The lowest BCUT2D eigenvalue weighted by Gasteiger charge is -2.28. The molecule has 22 heavy (non-hydrogen) atoms. The molecule has 2 saturated heterocycles. The SMILES string of the molecule is OC1C[C@@H]2CN(c3ncc(F)c(N4CCOCC4)n3)C[C@@H]2C1. The Bertz CT molecular complexity index is 538. The zero-order valence-corrected chi connectivity index (χ0v) is 12.5. The van der Waals surface area contributed by atoms with Crippen LogP contribution in [0.5, 0.6) is 0 Å². The summed E-state index contributed by atoms with van der Waals surface area (Å²) >= 11 is 0. The van der Waals surface area contributed by atoms with Gasteiger partial charge in [0.2, 0.25) is 5.95 Å². The molecular formula is C15H21FN4O2. The zero-order valence-electron chi connectivity index (χ0n) is 12.5. The molecule has 1 N–H and O–H groups in total. The highest BCUT2D eigenvalue weighted by molar-refractivity contribution is 5.46. The fraction of sp³-hybridized carbons (Fsp3) is 0.733. The van der Waals surface area contributed by atoms with E-state index in [4.69, 9.17) is 4.74 Å². The molecule has 3 fully saturated rings. The summed E-state index contributed by atoms with van der Waals surface area (Å²) in [5.41, 5.74) is 0. The van der Waals surface area contributed by atoms with Gasteiger partial charge in [-0.1, -0.05) is 0 Å². The number of fused-ring (bicyclic) bond motifs is 1. The number of ether oxygens (including phenoxy) is 1. The lowest BCUT2D eigenvalue weighted by molar-refractivity contribution is 0.122. The van der Waals surface area contributed by atoms with Gasteiger partial charge in [0, 0.05) is 26.2 Å². The molecule has 1 aromatic rings. The number of nitrogens with zero attached hydrogens (tertiary/aromatic N) is 4. The molecule has 0 aromatic carbocycles. The van der Waals surface area contributed by atoms with Gasteiger partial charge >= 0.3 is 0 Å². The van der Waals surface area contributed by atoms with Gasteiger partial charge in [-0.2, -0.15) is 4.98 Å². The molecule has 1 aromatic heterocycles. The Morgan fingerprint density at radius 1 is 1.14 bits per heavy atom. The van der Waals surface area contributed by atoms with Crippen molar-refractivity contribution in [3.63, 3.8) is 0 Å². The van der Waals surface area contributed by atoms with Gasteiger partial charge in [-0.15, -0.1) is 0 Å². The normalized spacial score (nSPS) is 31.6. The van der Waals surface area contributed by atoms with Crippen molar-refractivity contribution in [2.75, 3.05) is 49.2 Å². The van der Waals surface area contributed by atoms with Gasteiger partial charge in [-0.3, -0.25) is 0 Å². The molecule has 2 aliphatic heterocycles. The van der Waals surface area contributed by atoms with Crippen LogP contribution in [0.1, 0.15) is 12.8 Å². The van der Waals surface area contributed by atoms with Crippen molar-refractivity contribution in [3.05, 3.63) is 12.0 Å².